The van der Waals surface area contributed by atoms with Crippen molar-refractivity contribution in [3.8, 4) is 0 Å². The molecule has 2 unspecified atom stereocenters. The molecule has 1 aromatic heterocycles. The van der Waals surface area contributed by atoms with Gasteiger partial charge in [-0.1, -0.05) is 25.1 Å². The number of benzene rings is 1. The first-order chi connectivity index (χ1) is 10.0. The summed E-state index contributed by atoms with van der Waals surface area (Å²) in [6.07, 6.45) is 6.09. The predicted octanol–water partition coefficient (Wildman–Crippen LogP) is 3.09. The quantitative estimate of drug-likeness (QED) is 0.947. The second-order valence-electron chi connectivity index (χ2n) is 5.95. The van der Waals surface area contributed by atoms with Crippen molar-refractivity contribution in [2.24, 2.45) is 0 Å². The van der Waals surface area contributed by atoms with Gasteiger partial charge < -0.3 is 4.98 Å². The zero-order valence-electron chi connectivity index (χ0n) is 12.5. The summed E-state index contributed by atoms with van der Waals surface area (Å²) in [7, 11) is -3.10. The summed E-state index contributed by atoms with van der Waals surface area (Å²) in [6, 6.07) is 8.44. The largest absolute Gasteiger partial charge is 0.361 e. The molecule has 3 rings (SSSR count). The van der Waals surface area contributed by atoms with Crippen LogP contribution < -0.4 is 0 Å². The minimum Gasteiger partial charge on any atom is -0.361 e. The Kier molecular flexibility index (Phi) is 3.80. The van der Waals surface area contributed by atoms with E-state index < -0.39 is 10.0 Å². The summed E-state index contributed by atoms with van der Waals surface area (Å²) < 4.78 is 25.4. The zero-order valence-corrected chi connectivity index (χ0v) is 13.4. The first kappa shape index (κ1) is 14.6. The van der Waals surface area contributed by atoms with E-state index in [1.54, 1.807) is 4.31 Å². The van der Waals surface area contributed by atoms with Gasteiger partial charge in [-0.05, 0) is 36.8 Å². The van der Waals surface area contributed by atoms with E-state index in [-0.39, 0.29) is 6.04 Å². The Balaban J connectivity index is 1.89. The summed E-state index contributed by atoms with van der Waals surface area (Å²) in [5.74, 6) is 0.434. The lowest BCUT2D eigenvalue weighted by Crippen LogP contribution is -2.44. The van der Waals surface area contributed by atoms with Crippen LogP contribution >= 0.6 is 0 Å². The molecule has 114 valence electrons. The third-order valence-electron chi connectivity index (χ3n) is 4.62. The molecule has 2 heterocycles. The zero-order chi connectivity index (χ0) is 15.0. The van der Waals surface area contributed by atoms with E-state index in [1.165, 1.54) is 17.2 Å². The first-order valence-electron chi connectivity index (χ1n) is 7.53. The molecule has 0 aliphatic carbocycles. The number of para-hydroxylation sites is 1. The summed E-state index contributed by atoms with van der Waals surface area (Å²) in [4.78, 5) is 3.33. The summed E-state index contributed by atoms with van der Waals surface area (Å²) >= 11 is 0. The molecule has 1 fully saturated rings. The molecule has 1 aromatic carbocycles. The Morgan fingerprint density at radius 2 is 2.10 bits per heavy atom. The molecule has 1 aliphatic rings. The number of piperidine rings is 1. The Bertz CT molecular complexity index is 736. The van der Waals surface area contributed by atoms with E-state index >= 15 is 0 Å². The molecule has 0 radical (unpaired) electrons. The van der Waals surface area contributed by atoms with Crippen LogP contribution in [0.5, 0.6) is 0 Å². The average Bonchev–Trinajstić information content (AvgIpc) is 2.89. The van der Waals surface area contributed by atoms with E-state index in [9.17, 15) is 8.42 Å². The monoisotopic (exact) mass is 306 g/mol. The molecule has 0 saturated carbocycles. The molecule has 5 heteroatoms. The van der Waals surface area contributed by atoms with E-state index in [4.69, 9.17) is 0 Å². The molecular weight excluding hydrogens is 284 g/mol. The third-order valence-corrected chi connectivity index (χ3v) is 5.95. The van der Waals surface area contributed by atoms with Crippen LogP contribution in [0.4, 0.5) is 0 Å². The van der Waals surface area contributed by atoms with Crippen molar-refractivity contribution in [2.75, 3.05) is 12.8 Å². The van der Waals surface area contributed by atoms with Crippen molar-refractivity contribution >= 4 is 20.9 Å². The fourth-order valence-electron chi connectivity index (χ4n) is 3.55. The Morgan fingerprint density at radius 1 is 1.33 bits per heavy atom. The van der Waals surface area contributed by atoms with Crippen LogP contribution in [-0.2, 0) is 10.0 Å². The van der Waals surface area contributed by atoms with Gasteiger partial charge in [-0.3, -0.25) is 0 Å². The van der Waals surface area contributed by atoms with Crippen LogP contribution in [0.3, 0.4) is 0 Å². The Morgan fingerprint density at radius 3 is 2.81 bits per heavy atom. The van der Waals surface area contributed by atoms with Crippen molar-refractivity contribution in [3.05, 3.63) is 36.0 Å². The maximum Gasteiger partial charge on any atom is 0.211 e. The molecule has 4 nitrogen and oxygen atoms in total. The molecule has 0 bridgehead atoms. The van der Waals surface area contributed by atoms with Gasteiger partial charge in [0.15, 0.2) is 0 Å². The van der Waals surface area contributed by atoms with Crippen LogP contribution in [0.2, 0.25) is 0 Å². The normalized spacial score (nSPS) is 24.5. The minimum absolute atomic E-state index is 0.118. The first-order valence-corrected chi connectivity index (χ1v) is 9.38. The lowest BCUT2D eigenvalue weighted by molar-refractivity contribution is 0.228. The van der Waals surface area contributed by atoms with Crippen molar-refractivity contribution in [1.29, 1.82) is 0 Å². The Labute approximate surface area is 126 Å². The average molecular weight is 306 g/mol. The van der Waals surface area contributed by atoms with Gasteiger partial charge in [-0.15, -0.1) is 0 Å². The maximum absolute atomic E-state index is 11.9. The second-order valence-corrected chi connectivity index (χ2v) is 7.88. The Hall–Kier alpha value is -1.33. The van der Waals surface area contributed by atoms with Crippen molar-refractivity contribution in [1.82, 2.24) is 9.29 Å². The number of aromatic amines is 1. The number of hydrogen-bond acceptors (Lipinski definition) is 2. The van der Waals surface area contributed by atoms with Gasteiger partial charge in [0.1, 0.15) is 0 Å². The fraction of sp³-hybridized carbons (Fsp3) is 0.500. The lowest BCUT2D eigenvalue weighted by atomic mass is 9.85. The smallest absolute Gasteiger partial charge is 0.211 e. The molecule has 0 spiro atoms. The number of fused-ring (bicyclic) bond motifs is 1. The number of sulfonamides is 1. The third kappa shape index (κ3) is 2.72. The van der Waals surface area contributed by atoms with Crippen molar-refractivity contribution < 1.29 is 8.42 Å². The lowest BCUT2D eigenvalue weighted by Gasteiger charge is -2.37. The fourth-order valence-corrected chi connectivity index (χ4v) is 4.76. The van der Waals surface area contributed by atoms with Gasteiger partial charge in [-0.25, -0.2) is 8.42 Å². The summed E-state index contributed by atoms with van der Waals surface area (Å²) in [5, 5.41) is 1.27. The van der Waals surface area contributed by atoms with Crippen LogP contribution in [0.15, 0.2) is 30.5 Å². The number of rotatable bonds is 3. The number of hydrogen-bond donors (Lipinski definition) is 1. The summed E-state index contributed by atoms with van der Waals surface area (Å²) in [5.41, 5.74) is 2.49. The molecule has 2 aromatic rings. The van der Waals surface area contributed by atoms with Gasteiger partial charge in [-0.2, -0.15) is 4.31 Å². The number of nitrogens with one attached hydrogen (secondary N) is 1. The predicted molar refractivity (Wildman–Crippen MR) is 85.9 cm³/mol. The topological polar surface area (TPSA) is 53.2 Å². The van der Waals surface area contributed by atoms with Crippen LogP contribution in [0.1, 0.15) is 37.7 Å². The number of aromatic nitrogens is 1. The van der Waals surface area contributed by atoms with Crippen LogP contribution in [0.25, 0.3) is 10.9 Å². The van der Waals surface area contributed by atoms with Crippen molar-refractivity contribution in [2.45, 2.75) is 38.1 Å². The highest BCUT2D eigenvalue weighted by Crippen LogP contribution is 2.37. The van der Waals surface area contributed by atoms with Gasteiger partial charge in [0.2, 0.25) is 10.0 Å². The van der Waals surface area contributed by atoms with Crippen LogP contribution in [0, 0.1) is 0 Å². The highest BCUT2D eigenvalue weighted by molar-refractivity contribution is 7.88. The van der Waals surface area contributed by atoms with E-state index in [2.05, 4.69) is 36.3 Å². The molecular formula is C16H22N2O2S. The molecule has 0 amide bonds. The molecule has 21 heavy (non-hydrogen) atoms. The second kappa shape index (κ2) is 5.46. The van der Waals surface area contributed by atoms with Gasteiger partial charge in [0.05, 0.1) is 6.26 Å². The standard InChI is InChI=1S/C16H22N2O2S/c1-3-13-10-12(8-9-18(13)21(2,19)20)15-11-17-16-7-5-4-6-14(15)16/h4-7,11-13,17H,3,8-10H2,1-2H3. The SMILES string of the molecule is CCC1CC(c2c[nH]c3ccccc23)CCN1S(C)(=O)=O. The molecule has 1 N–H and O–H groups in total. The highest BCUT2D eigenvalue weighted by Gasteiger charge is 2.33. The summed E-state index contributed by atoms with van der Waals surface area (Å²) in [6.45, 7) is 2.70. The van der Waals surface area contributed by atoms with E-state index in [0.29, 0.717) is 12.5 Å². The van der Waals surface area contributed by atoms with E-state index in [1.807, 2.05) is 6.07 Å². The van der Waals surface area contributed by atoms with Gasteiger partial charge >= 0.3 is 0 Å². The van der Waals surface area contributed by atoms with Gasteiger partial charge in [0.25, 0.3) is 0 Å². The van der Waals surface area contributed by atoms with Crippen molar-refractivity contribution in [3.63, 3.8) is 0 Å². The molecule has 2 atom stereocenters. The van der Waals surface area contributed by atoms with E-state index in [0.717, 1.165) is 24.8 Å². The van der Waals surface area contributed by atoms with Crippen LogP contribution in [-0.4, -0.2) is 36.5 Å². The molecule has 1 aliphatic heterocycles. The highest BCUT2D eigenvalue weighted by atomic mass is 32.2. The number of H-pyrrole nitrogens is 1. The maximum atomic E-state index is 11.9. The van der Waals surface area contributed by atoms with Gasteiger partial charge in [0, 0.05) is 29.7 Å². The molecule has 1 saturated heterocycles. The number of nitrogens with zero attached hydrogens (tertiary/aromatic N) is 1. The minimum atomic E-state index is -3.10.